The van der Waals surface area contributed by atoms with E-state index in [1.807, 2.05) is 4.90 Å². The highest BCUT2D eigenvalue weighted by Crippen LogP contribution is 2.33. The van der Waals surface area contributed by atoms with Gasteiger partial charge in [-0.1, -0.05) is 29.5 Å². The Balaban J connectivity index is 1.51. The Labute approximate surface area is 168 Å². The van der Waals surface area contributed by atoms with Gasteiger partial charge in [0.15, 0.2) is 11.2 Å². The Morgan fingerprint density at radius 1 is 1.21 bits per heavy atom. The first-order chi connectivity index (χ1) is 13.9. The maximum Gasteiger partial charge on any atom is 0.428 e. The maximum absolute atomic E-state index is 13.4. The van der Waals surface area contributed by atoms with Crippen molar-refractivity contribution in [3.8, 4) is 0 Å². The van der Waals surface area contributed by atoms with Gasteiger partial charge in [-0.25, -0.2) is 9.98 Å². The Morgan fingerprint density at radius 2 is 1.93 bits per heavy atom. The van der Waals surface area contributed by atoms with E-state index in [0.717, 1.165) is 0 Å². The smallest absolute Gasteiger partial charge is 0.428 e. The van der Waals surface area contributed by atoms with E-state index in [9.17, 15) is 18.0 Å². The maximum atomic E-state index is 13.4. The minimum Gasteiger partial charge on any atom is -0.462 e. The number of ether oxygens (including phenoxy) is 2. The molecule has 2 unspecified atom stereocenters. The van der Waals surface area contributed by atoms with Gasteiger partial charge in [-0.2, -0.15) is 13.2 Å². The number of aromatic nitrogens is 1. The molecule has 3 heterocycles. The van der Waals surface area contributed by atoms with Crippen molar-refractivity contribution in [1.29, 1.82) is 0 Å². The van der Waals surface area contributed by atoms with Crippen molar-refractivity contribution < 1.29 is 27.4 Å². The molecule has 1 saturated heterocycles. The molecule has 11 heteroatoms. The molecule has 0 spiro atoms. The Bertz CT molecular complexity index is 897. The highest BCUT2D eigenvalue weighted by molar-refractivity contribution is 7.19. The summed E-state index contributed by atoms with van der Waals surface area (Å²) in [4.78, 5) is 22.7. The number of carbonyl (C=O) groups excluding carboxylic acids is 1. The lowest BCUT2D eigenvalue weighted by atomic mass is 10.1. The summed E-state index contributed by atoms with van der Waals surface area (Å²) in [6, 6.07) is 6.44. The Kier molecular flexibility index (Phi) is 5.41. The van der Waals surface area contributed by atoms with Crippen LogP contribution in [0.2, 0.25) is 0 Å². The quantitative estimate of drug-likeness (QED) is 0.814. The number of thiazole rings is 1. The number of anilines is 2. The number of nitrogens with zero attached hydrogens (tertiary/aromatic N) is 3. The second kappa shape index (κ2) is 7.99. The molecule has 154 valence electrons. The van der Waals surface area contributed by atoms with Gasteiger partial charge in [-0.05, 0) is 12.1 Å². The van der Waals surface area contributed by atoms with Crippen molar-refractivity contribution in [3.05, 3.63) is 42.1 Å². The SMILES string of the molecule is O=C(Nc1cnc(N2CCOCC2)s1)C1N=C(c2ccccc2)OC1C(F)(F)F. The molecule has 0 saturated carbocycles. The highest BCUT2D eigenvalue weighted by atomic mass is 32.1. The fraction of sp³-hybridized carbons (Fsp3) is 0.389. The molecule has 1 fully saturated rings. The molecular formula is C18H17F3N4O3S. The largest absolute Gasteiger partial charge is 0.462 e. The lowest BCUT2D eigenvalue weighted by Gasteiger charge is -2.25. The van der Waals surface area contributed by atoms with E-state index in [-0.39, 0.29) is 5.90 Å². The van der Waals surface area contributed by atoms with E-state index in [2.05, 4.69) is 15.3 Å². The number of alkyl halides is 3. The molecule has 2 aliphatic heterocycles. The number of nitrogens with one attached hydrogen (secondary N) is 1. The number of rotatable bonds is 4. The molecule has 1 N–H and O–H groups in total. The molecule has 7 nitrogen and oxygen atoms in total. The standard InChI is InChI=1S/C18H17F3N4O3S/c19-18(20,21)14-13(24-16(28-14)11-4-2-1-3-5-11)15(26)23-12-10-22-17(29-12)25-6-8-27-9-7-25/h1-5,10,13-14H,6-9H2,(H,23,26). The first kappa shape index (κ1) is 19.6. The number of morpholine rings is 1. The highest BCUT2D eigenvalue weighted by Gasteiger charge is 2.53. The third kappa shape index (κ3) is 4.35. The van der Waals surface area contributed by atoms with Gasteiger partial charge < -0.3 is 19.7 Å². The summed E-state index contributed by atoms with van der Waals surface area (Å²) in [6.45, 7) is 2.48. The average molecular weight is 426 g/mol. The fourth-order valence-corrected chi connectivity index (χ4v) is 3.86. The zero-order valence-corrected chi connectivity index (χ0v) is 15.9. The van der Waals surface area contributed by atoms with Crippen molar-refractivity contribution in [2.75, 3.05) is 36.5 Å². The third-order valence-corrected chi connectivity index (χ3v) is 5.39. The van der Waals surface area contributed by atoms with Gasteiger partial charge in [0.05, 0.1) is 19.4 Å². The van der Waals surface area contributed by atoms with E-state index in [0.29, 0.717) is 42.0 Å². The van der Waals surface area contributed by atoms with Crippen LogP contribution in [0.3, 0.4) is 0 Å². The first-order valence-electron chi connectivity index (χ1n) is 8.88. The summed E-state index contributed by atoms with van der Waals surface area (Å²) in [6.07, 6.45) is -5.66. The molecule has 4 rings (SSSR count). The summed E-state index contributed by atoms with van der Waals surface area (Å²) < 4.78 is 50.6. The van der Waals surface area contributed by atoms with Crippen molar-refractivity contribution in [2.24, 2.45) is 4.99 Å². The number of benzene rings is 1. The zero-order chi connectivity index (χ0) is 20.4. The van der Waals surface area contributed by atoms with Crippen molar-refractivity contribution in [1.82, 2.24) is 4.98 Å². The average Bonchev–Trinajstić information content (AvgIpc) is 3.37. The van der Waals surface area contributed by atoms with E-state index >= 15 is 0 Å². The van der Waals surface area contributed by atoms with Gasteiger partial charge in [0.2, 0.25) is 12.0 Å². The van der Waals surface area contributed by atoms with Crippen LogP contribution in [0.25, 0.3) is 0 Å². The number of amides is 1. The van der Waals surface area contributed by atoms with Crippen LogP contribution in [-0.4, -0.2) is 61.4 Å². The monoisotopic (exact) mass is 426 g/mol. The van der Waals surface area contributed by atoms with Gasteiger partial charge >= 0.3 is 6.18 Å². The lowest BCUT2D eigenvalue weighted by molar-refractivity contribution is -0.198. The molecule has 2 atom stereocenters. The fourth-order valence-electron chi connectivity index (χ4n) is 2.99. The molecule has 0 bridgehead atoms. The molecular weight excluding hydrogens is 409 g/mol. The van der Waals surface area contributed by atoms with E-state index in [4.69, 9.17) is 9.47 Å². The molecule has 1 amide bonds. The van der Waals surface area contributed by atoms with Crippen molar-refractivity contribution >= 4 is 33.3 Å². The molecule has 1 aromatic heterocycles. The van der Waals surface area contributed by atoms with Crippen LogP contribution in [0.1, 0.15) is 5.56 Å². The minimum atomic E-state index is -4.74. The number of hydrogen-bond donors (Lipinski definition) is 1. The molecule has 29 heavy (non-hydrogen) atoms. The Morgan fingerprint density at radius 3 is 2.62 bits per heavy atom. The van der Waals surface area contributed by atoms with Crippen LogP contribution in [0, 0.1) is 0 Å². The van der Waals surface area contributed by atoms with Crippen LogP contribution >= 0.6 is 11.3 Å². The van der Waals surface area contributed by atoms with Gasteiger partial charge in [0.1, 0.15) is 5.00 Å². The van der Waals surface area contributed by atoms with Crippen molar-refractivity contribution in [2.45, 2.75) is 18.3 Å². The number of aliphatic imine (C=N–C) groups is 1. The minimum absolute atomic E-state index is 0.202. The molecule has 2 aliphatic rings. The van der Waals surface area contributed by atoms with E-state index in [1.165, 1.54) is 17.5 Å². The van der Waals surface area contributed by atoms with Gasteiger partial charge in [-0.15, -0.1) is 0 Å². The lowest BCUT2D eigenvalue weighted by Crippen LogP contribution is -2.44. The summed E-state index contributed by atoms with van der Waals surface area (Å²) in [7, 11) is 0. The molecule has 1 aromatic carbocycles. The van der Waals surface area contributed by atoms with Gasteiger partial charge in [-0.3, -0.25) is 4.79 Å². The normalized spacial score (nSPS) is 22.2. The van der Waals surface area contributed by atoms with Crippen molar-refractivity contribution in [3.63, 3.8) is 0 Å². The molecule has 0 aliphatic carbocycles. The molecule has 0 radical (unpaired) electrons. The second-order valence-corrected chi connectivity index (χ2v) is 7.43. The zero-order valence-electron chi connectivity index (χ0n) is 15.1. The van der Waals surface area contributed by atoms with E-state index < -0.39 is 24.2 Å². The third-order valence-electron chi connectivity index (χ3n) is 4.42. The van der Waals surface area contributed by atoms with Crippen LogP contribution in [0.15, 0.2) is 41.5 Å². The first-order valence-corrected chi connectivity index (χ1v) is 9.69. The summed E-state index contributed by atoms with van der Waals surface area (Å²) in [5.74, 6) is -1.10. The topological polar surface area (TPSA) is 76.1 Å². The van der Waals surface area contributed by atoms with Crippen LogP contribution < -0.4 is 10.2 Å². The van der Waals surface area contributed by atoms with E-state index in [1.54, 1.807) is 30.3 Å². The predicted octanol–water partition coefficient (Wildman–Crippen LogP) is 2.69. The second-order valence-electron chi connectivity index (χ2n) is 6.42. The molecule has 2 aromatic rings. The number of halogens is 3. The summed E-state index contributed by atoms with van der Waals surface area (Å²) >= 11 is 1.19. The number of carbonyl (C=O) groups is 1. The Hall–Kier alpha value is -2.66. The van der Waals surface area contributed by atoms with Gasteiger partial charge in [0, 0.05) is 18.7 Å². The summed E-state index contributed by atoms with van der Waals surface area (Å²) in [5.41, 5.74) is 0.379. The van der Waals surface area contributed by atoms with Gasteiger partial charge in [0.25, 0.3) is 5.91 Å². The summed E-state index contributed by atoms with van der Waals surface area (Å²) in [5, 5.41) is 3.51. The number of hydrogen-bond acceptors (Lipinski definition) is 7. The predicted molar refractivity (Wildman–Crippen MR) is 101 cm³/mol. The van der Waals surface area contributed by atoms with Crippen LogP contribution in [-0.2, 0) is 14.3 Å². The van der Waals surface area contributed by atoms with Crippen LogP contribution in [0.5, 0.6) is 0 Å². The van der Waals surface area contributed by atoms with Crippen LogP contribution in [0.4, 0.5) is 23.3 Å².